The van der Waals surface area contributed by atoms with Crippen molar-refractivity contribution in [1.29, 1.82) is 0 Å². The molecule has 2 aliphatic carbocycles. The maximum atomic E-state index is 12.1. The predicted molar refractivity (Wildman–Crippen MR) is 93.4 cm³/mol. The number of esters is 2. The normalized spacial score (nSPS) is 26.7. The lowest BCUT2D eigenvalue weighted by Gasteiger charge is -2.41. The van der Waals surface area contributed by atoms with E-state index in [-0.39, 0.29) is 23.6 Å². The fourth-order valence-corrected chi connectivity index (χ4v) is 3.87. The van der Waals surface area contributed by atoms with Gasteiger partial charge in [0.15, 0.2) is 0 Å². The van der Waals surface area contributed by atoms with Gasteiger partial charge in [-0.2, -0.15) is 0 Å². The van der Waals surface area contributed by atoms with Crippen molar-refractivity contribution in [3.8, 4) is 0 Å². The first kappa shape index (κ1) is 19.0. The third-order valence-corrected chi connectivity index (χ3v) is 5.40. The average Bonchev–Trinajstić information content (AvgIpc) is 2.96. The molecule has 0 aromatic rings. The van der Waals surface area contributed by atoms with Crippen molar-refractivity contribution < 1.29 is 19.1 Å². The van der Waals surface area contributed by atoms with Gasteiger partial charge in [-0.3, -0.25) is 4.79 Å². The van der Waals surface area contributed by atoms with Crippen LogP contribution in [-0.2, 0) is 19.1 Å². The van der Waals surface area contributed by atoms with Crippen LogP contribution in [0.2, 0.25) is 0 Å². The summed E-state index contributed by atoms with van der Waals surface area (Å²) < 4.78 is 11.6. The van der Waals surface area contributed by atoms with E-state index < -0.39 is 5.41 Å². The Balaban J connectivity index is 1.95. The van der Waals surface area contributed by atoms with Gasteiger partial charge in [0.25, 0.3) is 0 Å². The van der Waals surface area contributed by atoms with Gasteiger partial charge in [-0.1, -0.05) is 6.58 Å². The lowest BCUT2D eigenvalue weighted by atomic mass is 9.75. The molecule has 0 heterocycles. The van der Waals surface area contributed by atoms with Crippen LogP contribution < -0.4 is 0 Å². The average molecular weight is 336 g/mol. The standard InChI is InChI=1S/C20H32O4/c1-14(2)17(21)24-20(12-6-7-13-20)15-8-10-16(11-9-15)23-18(22)19(3,4)5/h15-16H,1,6-13H2,2-5H3. The molecule has 2 rings (SSSR count). The summed E-state index contributed by atoms with van der Waals surface area (Å²) in [4.78, 5) is 24.1. The zero-order valence-corrected chi connectivity index (χ0v) is 15.7. The Morgan fingerprint density at radius 3 is 2.04 bits per heavy atom. The minimum Gasteiger partial charge on any atom is -0.462 e. The molecule has 0 N–H and O–H groups in total. The van der Waals surface area contributed by atoms with E-state index in [0.717, 1.165) is 51.4 Å². The van der Waals surface area contributed by atoms with Crippen molar-refractivity contribution in [2.45, 2.75) is 90.8 Å². The van der Waals surface area contributed by atoms with Crippen LogP contribution in [0.3, 0.4) is 0 Å². The van der Waals surface area contributed by atoms with Gasteiger partial charge in [0, 0.05) is 5.57 Å². The van der Waals surface area contributed by atoms with Crippen LogP contribution in [0, 0.1) is 11.3 Å². The molecule has 2 fully saturated rings. The van der Waals surface area contributed by atoms with Crippen LogP contribution in [0.5, 0.6) is 0 Å². The zero-order chi connectivity index (χ0) is 18.0. The number of hydrogen-bond donors (Lipinski definition) is 0. The summed E-state index contributed by atoms with van der Waals surface area (Å²) in [6.07, 6.45) is 7.75. The van der Waals surface area contributed by atoms with Gasteiger partial charge in [0.2, 0.25) is 0 Å². The van der Waals surface area contributed by atoms with E-state index in [1.165, 1.54) is 0 Å². The number of hydrogen-bond acceptors (Lipinski definition) is 4. The lowest BCUT2D eigenvalue weighted by molar-refractivity contribution is -0.167. The van der Waals surface area contributed by atoms with Gasteiger partial charge in [0.05, 0.1) is 5.41 Å². The second kappa shape index (κ2) is 7.28. The van der Waals surface area contributed by atoms with E-state index in [0.29, 0.717) is 11.5 Å². The summed E-state index contributed by atoms with van der Waals surface area (Å²) in [7, 11) is 0. The Bertz CT molecular complexity index is 486. The Labute approximate surface area is 146 Å². The van der Waals surface area contributed by atoms with Crippen molar-refractivity contribution in [2.75, 3.05) is 0 Å². The van der Waals surface area contributed by atoms with E-state index in [1.807, 2.05) is 20.8 Å². The van der Waals surface area contributed by atoms with E-state index in [2.05, 4.69) is 6.58 Å². The smallest absolute Gasteiger partial charge is 0.333 e. The molecule has 0 spiro atoms. The first-order chi connectivity index (χ1) is 11.1. The molecule has 24 heavy (non-hydrogen) atoms. The number of carbonyl (C=O) groups is 2. The first-order valence-electron chi connectivity index (χ1n) is 9.24. The largest absolute Gasteiger partial charge is 0.462 e. The van der Waals surface area contributed by atoms with Crippen molar-refractivity contribution in [1.82, 2.24) is 0 Å². The second-order valence-corrected chi connectivity index (χ2v) is 8.57. The fourth-order valence-electron chi connectivity index (χ4n) is 3.87. The molecule has 0 saturated heterocycles. The molecule has 136 valence electrons. The quantitative estimate of drug-likeness (QED) is 0.557. The summed E-state index contributed by atoms with van der Waals surface area (Å²) in [5.74, 6) is -0.0266. The second-order valence-electron chi connectivity index (χ2n) is 8.57. The Morgan fingerprint density at radius 1 is 1.04 bits per heavy atom. The molecule has 0 bridgehead atoms. The molecule has 0 aromatic heterocycles. The van der Waals surface area contributed by atoms with Gasteiger partial charge in [0.1, 0.15) is 11.7 Å². The molecular weight excluding hydrogens is 304 g/mol. The van der Waals surface area contributed by atoms with Gasteiger partial charge >= 0.3 is 11.9 Å². The van der Waals surface area contributed by atoms with Gasteiger partial charge in [-0.25, -0.2) is 4.79 Å². The zero-order valence-electron chi connectivity index (χ0n) is 15.7. The van der Waals surface area contributed by atoms with Crippen molar-refractivity contribution in [3.63, 3.8) is 0 Å². The maximum Gasteiger partial charge on any atom is 0.333 e. The Hall–Kier alpha value is -1.32. The third-order valence-electron chi connectivity index (χ3n) is 5.40. The molecule has 0 atom stereocenters. The van der Waals surface area contributed by atoms with E-state index in [4.69, 9.17) is 9.47 Å². The Morgan fingerprint density at radius 2 is 1.58 bits per heavy atom. The van der Waals surface area contributed by atoms with Gasteiger partial charge in [-0.05, 0) is 85.0 Å². The highest BCUT2D eigenvalue weighted by Gasteiger charge is 2.46. The van der Waals surface area contributed by atoms with Crippen LogP contribution in [0.1, 0.15) is 79.1 Å². The molecule has 4 heteroatoms. The molecule has 4 nitrogen and oxygen atoms in total. The molecule has 0 radical (unpaired) electrons. The molecule has 2 saturated carbocycles. The minimum atomic E-state index is -0.458. The summed E-state index contributed by atoms with van der Waals surface area (Å²) in [6, 6.07) is 0. The predicted octanol–water partition coefficient (Wildman–Crippen LogP) is 4.57. The molecule has 2 aliphatic rings. The highest BCUT2D eigenvalue weighted by Crippen LogP contribution is 2.46. The number of ether oxygens (including phenoxy) is 2. The highest BCUT2D eigenvalue weighted by atomic mass is 16.6. The summed E-state index contributed by atoms with van der Waals surface area (Å²) in [6.45, 7) is 11.1. The number of rotatable bonds is 4. The third kappa shape index (κ3) is 4.40. The fraction of sp³-hybridized carbons (Fsp3) is 0.800. The van der Waals surface area contributed by atoms with Crippen LogP contribution in [0.25, 0.3) is 0 Å². The maximum absolute atomic E-state index is 12.1. The molecule has 0 amide bonds. The molecular formula is C20H32O4. The molecule has 0 aliphatic heterocycles. The van der Waals surface area contributed by atoms with Crippen molar-refractivity contribution in [3.05, 3.63) is 12.2 Å². The SMILES string of the molecule is C=C(C)C(=O)OC1(C2CCC(OC(=O)C(C)(C)C)CC2)CCCC1. The van der Waals surface area contributed by atoms with Gasteiger partial charge in [-0.15, -0.1) is 0 Å². The molecule has 0 unspecified atom stereocenters. The van der Waals surface area contributed by atoms with Crippen LogP contribution in [0.15, 0.2) is 12.2 Å². The van der Waals surface area contributed by atoms with Crippen molar-refractivity contribution >= 4 is 11.9 Å². The first-order valence-corrected chi connectivity index (χ1v) is 9.24. The highest BCUT2D eigenvalue weighted by molar-refractivity contribution is 5.87. The van der Waals surface area contributed by atoms with Crippen LogP contribution in [-0.4, -0.2) is 23.6 Å². The van der Waals surface area contributed by atoms with Crippen LogP contribution >= 0.6 is 0 Å². The Kier molecular flexibility index (Phi) is 5.77. The van der Waals surface area contributed by atoms with E-state index in [1.54, 1.807) is 6.92 Å². The van der Waals surface area contributed by atoms with E-state index >= 15 is 0 Å². The summed E-state index contributed by atoms with van der Waals surface area (Å²) in [5.41, 5.74) is -0.315. The van der Waals surface area contributed by atoms with Crippen molar-refractivity contribution in [2.24, 2.45) is 11.3 Å². The number of carbonyl (C=O) groups excluding carboxylic acids is 2. The minimum absolute atomic E-state index is 0.00303. The topological polar surface area (TPSA) is 52.6 Å². The lowest BCUT2D eigenvalue weighted by Crippen LogP contribution is -2.43. The van der Waals surface area contributed by atoms with Gasteiger partial charge < -0.3 is 9.47 Å². The summed E-state index contributed by atoms with van der Waals surface area (Å²) >= 11 is 0. The summed E-state index contributed by atoms with van der Waals surface area (Å²) in [5, 5.41) is 0. The monoisotopic (exact) mass is 336 g/mol. The van der Waals surface area contributed by atoms with Crippen LogP contribution in [0.4, 0.5) is 0 Å². The molecule has 0 aromatic carbocycles. The van der Waals surface area contributed by atoms with E-state index in [9.17, 15) is 9.59 Å².